The maximum Gasteiger partial charge on any atom is 0.311 e. The van der Waals surface area contributed by atoms with Crippen molar-refractivity contribution in [3.8, 4) is 16.9 Å². The van der Waals surface area contributed by atoms with Crippen LogP contribution in [0.25, 0.3) is 21.9 Å². The molecule has 0 bridgehead atoms. The highest BCUT2D eigenvalue weighted by atomic mass is 19.3. The second-order valence-electron chi connectivity index (χ2n) is 9.41. The minimum Gasteiger partial charge on any atom is -0.481 e. The van der Waals surface area contributed by atoms with E-state index < -0.39 is 42.3 Å². The molecule has 2 aromatic carbocycles. The zero-order chi connectivity index (χ0) is 25.5. The number of aliphatic carboxylic acids is 1. The molecule has 35 heavy (non-hydrogen) atoms. The van der Waals surface area contributed by atoms with E-state index in [9.17, 15) is 28.3 Å². The summed E-state index contributed by atoms with van der Waals surface area (Å²) in [5.41, 5.74) is 0.719. The SMILES string of the molecule is Cc1ccccc1-c1c[nH]c(=O)c2cc(O[C@H](C)C(=O)N3CC(F)(F)C[C@](C)(C(=O)O)C3)ccc12. The van der Waals surface area contributed by atoms with Gasteiger partial charge in [-0.05, 0) is 55.5 Å². The number of hydrogen-bond donors (Lipinski definition) is 2. The fraction of sp³-hybridized carbons (Fsp3) is 0.346. The van der Waals surface area contributed by atoms with E-state index in [1.165, 1.54) is 19.9 Å². The van der Waals surface area contributed by atoms with Crippen molar-refractivity contribution >= 4 is 22.6 Å². The summed E-state index contributed by atoms with van der Waals surface area (Å²) in [6.07, 6.45) is -0.362. The Bertz CT molecular complexity index is 1370. The van der Waals surface area contributed by atoms with Crippen molar-refractivity contribution in [3.05, 3.63) is 64.6 Å². The Morgan fingerprint density at radius 1 is 1.11 bits per heavy atom. The summed E-state index contributed by atoms with van der Waals surface area (Å²) in [4.78, 5) is 40.6. The van der Waals surface area contributed by atoms with Gasteiger partial charge < -0.3 is 19.7 Å². The number of carboxylic acid groups (broad SMARTS) is 1. The molecule has 0 unspecified atom stereocenters. The number of alkyl halides is 2. The van der Waals surface area contributed by atoms with Gasteiger partial charge in [0.25, 0.3) is 17.4 Å². The number of fused-ring (bicyclic) bond motifs is 1. The van der Waals surface area contributed by atoms with Gasteiger partial charge in [0, 0.05) is 24.7 Å². The molecule has 1 fully saturated rings. The second kappa shape index (κ2) is 8.79. The number of piperidine rings is 1. The lowest BCUT2D eigenvalue weighted by atomic mass is 9.80. The Labute approximate surface area is 200 Å². The summed E-state index contributed by atoms with van der Waals surface area (Å²) in [7, 11) is 0. The number of ether oxygens (including phenoxy) is 1. The third-order valence-corrected chi connectivity index (χ3v) is 6.41. The second-order valence-corrected chi connectivity index (χ2v) is 9.41. The number of aromatic amines is 1. The minimum absolute atomic E-state index is 0.218. The van der Waals surface area contributed by atoms with E-state index in [0.717, 1.165) is 21.6 Å². The first-order valence-electron chi connectivity index (χ1n) is 11.2. The summed E-state index contributed by atoms with van der Waals surface area (Å²) < 4.78 is 34.2. The van der Waals surface area contributed by atoms with Crippen molar-refractivity contribution in [2.24, 2.45) is 5.41 Å². The van der Waals surface area contributed by atoms with E-state index in [4.69, 9.17) is 4.74 Å². The predicted molar refractivity (Wildman–Crippen MR) is 127 cm³/mol. The number of aryl methyl sites for hydroxylation is 1. The number of carbonyl (C=O) groups excluding carboxylic acids is 1. The highest BCUT2D eigenvalue weighted by Gasteiger charge is 2.52. The fourth-order valence-corrected chi connectivity index (χ4v) is 4.66. The Morgan fingerprint density at radius 2 is 1.83 bits per heavy atom. The van der Waals surface area contributed by atoms with E-state index in [0.29, 0.717) is 10.8 Å². The molecule has 1 saturated heterocycles. The average Bonchev–Trinajstić information content (AvgIpc) is 2.78. The van der Waals surface area contributed by atoms with Gasteiger partial charge in [0.15, 0.2) is 6.10 Å². The largest absolute Gasteiger partial charge is 0.481 e. The van der Waals surface area contributed by atoms with Crippen LogP contribution in [0.2, 0.25) is 0 Å². The van der Waals surface area contributed by atoms with Crippen LogP contribution in [-0.4, -0.2) is 52.0 Å². The van der Waals surface area contributed by atoms with Gasteiger partial charge in [-0.15, -0.1) is 0 Å². The summed E-state index contributed by atoms with van der Waals surface area (Å²) in [6.45, 7) is 3.36. The number of H-pyrrole nitrogens is 1. The minimum atomic E-state index is -3.33. The standard InChI is InChI=1S/C26H26F2N2O5/c1-15-6-4-5-7-18(15)21-11-29-22(31)20-10-17(8-9-19(20)21)35-16(2)23(32)30-13-25(3,24(33)34)12-26(27,28)14-30/h4-11,16H,12-14H2,1-3H3,(H,29,31)(H,33,34)/t16-,25+/m1/s1. The molecule has 2 N–H and O–H groups in total. The number of benzene rings is 2. The van der Waals surface area contributed by atoms with Crippen LogP contribution in [0, 0.1) is 12.3 Å². The van der Waals surface area contributed by atoms with Crippen LogP contribution in [0.15, 0.2) is 53.5 Å². The fourth-order valence-electron chi connectivity index (χ4n) is 4.66. The lowest BCUT2D eigenvalue weighted by Gasteiger charge is -2.42. The van der Waals surface area contributed by atoms with Crippen molar-refractivity contribution in [3.63, 3.8) is 0 Å². The molecular formula is C26H26F2N2O5. The van der Waals surface area contributed by atoms with Crippen molar-refractivity contribution < 1.29 is 28.2 Å². The van der Waals surface area contributed by atoms with Gasteiger partial charge >= 0.3 is 5.97 Å². The van der Waals surface area contributed by atoms with Crippen LogP contribution in [0.5, 0.6) is 5.75 Å². The molecule has 1 amide bonds. The van der Waals surface area contributed by atoms with Gasteiger partial charge in [0.1, 0.15) is 5.75 Å². The third kappa shape index (κ3) is 4.76. The molecule has 2 atom stereocenters. The number of likely N-dealkylation sites (tertiary alicyclic amines) is 1. The van der Waals surface area contributed by atoms with Gasteiger partial charge in [0.05, 0.1) is 17.3 Å². The van der Waals surface area contributed by atoms with Crippen molar-refractivity contribution in [1.29, 1.82) is 0 Å². The monoisotopic (exact) mass is 484 g/mol. The first-order chi connectivity index (χ1) is 16.4. The third-order valence-electron chi connectivity index (χ3n) is 6.41. The quantitative estimate of drug-likeness (QED) is 0.565. The molecule has 1 aliphatic rings. The number of nitrogens with zero attached hydrogens (tertiary/aromatic N) is 1. The summed E-state index contributed by atoms with van der Waals surface area (Å²) in [5, 5.41) is 10.5. The van der Waals surface area contributed by atoms with E-state index in [-0.39, 0.29) is 17.9 Å². The molecule has 9 heteroatoms. The zero-order valence-electron chi connectivity index (χ0n) is 19.6. The van der Waals surface area contributed by atoms with Crippen LogP contribution in [0.1, 0.15) is 25.8 Å². The molecule has 1 aromatic heterocycles. The molecule has 4 rings (SSSR count). The zero-order valence-corrected chi connectivity index (χ0v) is 19.6. The maximum atomic E-state index is 14.2. The van der Waals surface area contributed by atoms with Crippen LogP contribution < -0.4 is 10.3 Å². The summed E-state index contributed by atoms with van der Waals surface area (Å²) >= 11 is 0. The summed E-state index contributed by atoms with van der Waals surface area (Å²) in [6, 6.07) is 12.6. The van der Waals surface area contributed by atoms with E-state index in [1.54, 1.807) is 18.3 Å². The van der Waals surface area contributed by atoms with Crippen molar-refractivity contribution in [2.75, 3.05) is 13.1 Å². The average molecular weight is 484 g/mol. The Balaban J connectivity index is 1.61. The highest BCUT2D eigenvalue weighted by molar-refractivity contribution is 5.97. The number of carboxylic acids is 1. The van der Waals surface area contributed by atoms with Crippen LogP contribution >= 0.6 is 0 Å². The number of aromatic nitrogens is 1. The lowest BCUT2D eigenvalue weighted by molar-refractivity contribution is -0.174. The predicted octanol–water partition coefficient (Wildman–Crippen LogP) is 4.23. The number of pyridine rings is 1. The molecule has 184 valence electrons. The molecule has 2 heterocycles. The smallest absolute Gasteiger partial charge is 0.311 e. The highest BCUT2D eigenvalue weighted by Crippen LogP contribution is 2.39. The van der Waals surface area contributed by atoms with E-state index in [1.807, 2.05) is 31.2 Å². The Morgan fingerprint density at radius 3 is 2.51 bits per heavy atom. The number of halogens is 2. The molecule has 0 radical (unpaired) electrons. The van der Waals surface area contributed by atoms with Gasteiger partial charge in [-0.3, -0.25) is 14.4 Å². The lowest BCUT2D eigenvalue weighted by Crippen LogP contribution is -2.58. The number of amides is 1. The number of rotatable bonds is 5. The summed E-state index contributed by atoms with van der Waals surface area (Å²) in [5.74, 6) is -5.25. The number of hydrogen-bond acceptors (Lipinski definition) is 4. The molecular weight excluding hydrogens is 458 g/mol. The van der Waals surface area contributed by atoms with Gasteiger partial charge in [-0.2, -0.15) is 0 Å². The number of nitrogens with one attached hydrogen (secondary N) is 1. The van der Waals surface area contributed by atoms with E-state index >= 15 is 0 Å². The normalized spacial score (nSPS) is 20.4. The molecule has 1 aliphatic heterocycles. The Hall–Kier alpha value is -3.75. The molecule has 0 aliphatic carbocycles. The molecule has 0 spiro atoms. The maximum absolute atomic E-state index is 14.2. The van der Waals surface area contributed by atoms with Crippen LogP contribution in [0.4, 0.5) is 8.78 Å². The topological polar surface area (TPSA) is 99.7 Å². The van der Waals surface area contributed by atoms with Crippen molar-refractivity contribution in [2.45, 2.75) is 39.2 Å². The van der Waals surface area contributed by atoms with Crippen molar-refractivity contribution in [1.82, 2.24) is 9.88 Å². The van der Waals surface area contributed by atoms with Gasteiger partial charge in [0.2, 0.25) is 0 Å². The van der Waals surface area contributed by atoms with Crippen LogP contribution in [0.3, 0.4) is 0 Å². The van der Waals surface area contributed by atoms with Gasteiger partial charge in [-0.1, -0.05) is 24.3 Å². The first-order valence-corrected chi connectivity index (χ1v) is 11.2. The molecule has 7 nitrogen and oxygen atoms in total. The van der Waals surface area contributed by atoms with Crippen LogP contribution in [-0.2, 0) is 9.59 Å². The van der Waals surface area contributed by atoms with E-state index in [2.05, 4.69) is 4.98 Å². The molecule has 3 aromatic rings. The first kappa shape index (κ1) is 24.4. The Kier molecular flexibility index (Phi) is 6.12. The molecule has 0 saturated carbocycles. The van der Waals surface area contributed by atoms with Gasteiger partial charge in [-0.25, -0.2) is 8.78 Å². The number of carbonyl (C=O) groups is 2.